The van der Waals surface area contributed by atoms with E-state index in [1.54, 1.807) is 0 Å². The molecule has 1 aliphatic carbocycles. The summed E-state index contributed by atoms with van der Waals surface area (Å²) in [6.07, 6.45) is 0.756. The van der Waals surface area contributed by atoms with Gasteiger partial charge >= 0.3 is 0 Å². The monoisotopic (exact) mass is 283 g/mol. The van der Waals surface area contributed by atoms with Crippen molar-refractivity contribution in [2.45, 2.75) is 6.42 Å². The molecule has 22 heavy (non-hydrogen) atoms. The van der Waals surface area contributed by atoms with E-state index >= 15 is 0 Å². The zero-order valence-corrected chi connectivity index (χ0v) is 11.9. The predicted molar refractivity (Wildman–Crippen MR) is 88.1 cm³/mol. The molecule has 0 radical (unpaired) electrons. The van der Waals surface area contributed by atoms with Gasteiger partial charge in [-0.15, -0.1) is 0 Å². The second kappa shape index (κ2) is 4.14. The smallest absolute Gasteiger partial charge is 0.172 e. The number of fused-ring (bicyclic) bond motifs is 6. The molecule has 2 aliphatic rings. The summed E-state index contributed by atoms with van der Waals surface area (Å²) in [6.45, 7) is 0. The molecular formula is C20H13NO. The van der Waals surface area contributed by atoms with Crippen molar-refractivity contribution < 1.29 is 4.79 Å². The van der Waals surface area contributed by atoms with Gasteiger partial charge in [-0.3, -0.25) is 9.79 Å². The summed E-state index contributed by atoms with van der Waals surface area (Å²) in [6, 6.07) is 20.4. The van der Waals surface area contributed by atoms with E-state index in [2.05, 4.69) is 24.3 Å². The fourth-order valence-electron chi connectivity index (χ4n) is 3.69. The first kappa shape index (κ1) is 11.9. The fraction of sp³-hybridized carbons (Fsp3) is 0.100. The molecular weight excluding hydrogens is 270 g/mol. The van der Waals surface area contributed by atoms with Crippen LogP contribution in [0.2, 0.25) is 0 Å². The van der Waals surface area contributed by atoms with E-state index in [1.165, 1.54) is 16.3 Å². The number of carbonyl (C=O) groups excluding carboxylic acids is 1. The lowest BCUT2D eigenvalue weighted by Gasteiger charge is -2.20. The molecule has 104 valence electrons. The van der Waals surface area contributed by atoms with Gasteiger partial charge in [0.05, 0.1) is 17.3 Å². The van der Waals surface area contributed by atoms with Crippen LogP contribution in [0, 0.1) is 5.92 Å². The number of hydrogen-bond acceptors (Lipinski definition) is 2. The van der Waals surface area contributed by atoms with Crippen LogP contribution in [-0.2, 0) is 6.42 Å². The summed E-state index contributed by atoms with van der Waals surface area (Å²) in [5.41, 5.74) is 4.99. The Hall–Kier alpha value is -2.74. The van der Waals surface area contributed by atoms with Crippen LogP contribution in [0.5, 0.6) is 0 Å². The van der Waals surface area contributed by atoms with Crippen LogP contribution in [-0.4, -0.2) is 11.5 Å². The number of nitrogens with zero attached hydrogens (tertiary/aromatic N) is 1. The Labute approximate surface area is 128 Å². The lowest BCUT2D eigenvalue weighted by molar-refractivity contribution is 0.0961. The van der Waals surface area contributed by atoms with E-state index in [0.717, 1.165) is 28.9 Å². The normalized spacial score (nSPS) is 18.6. The summed E-state index contributed by atoms with van der Waals surface area (Å²) >= 11 is 0. The lowest BCUT2D eigenvalue weighted by atomic mass is 9.89. The Balaban J connectivity index is 1.82. The highest BCUT2D eigenvalue weighted by Gasteiger charge is 2.39. The van der Waals surface area contributed by atoms with Crippen LogP contribution in [0.4, 0.5) is 5.69 Å². The topological polar surface area (TPSA) is 29.4 Å². The minimum absolute atomic E-state index is 0.105. The first-order valence-corrected chi connectivity index (χ1v) is 7.56. The highest BCUT2D eigenvalue weighted by Crippen LogP contribution is 2.41. The number of carbonyl (C=O) groups is 1. The van der Waals surface area contributed by atoms with Crippen LogP contribution in [0.15, 0.2) is 65.7 Å². The molecule has 5 rings (SSSR count). The largest absolute Gasteiger partial charge is 0.293 e. The highest BCUT2D eigenvalue weighted by molar-refractivity contribution is 6.29. The molecule has 0 saturated carbocycles. The maximum atomic E-state index is 12.6. The number of ketones is 1. The quantitative estimate of drug-likeness (QED) is 0.604. The van der Waals surface area contributed by atoms with Crippen molar-refractivity contribution in [3.8, 4) is 0 Å². The fourth-order valence-corrected chi connectivity index (χ4v) is 3.69. The lowest BCUT2D eigenvalue weighted by Crippen LogP contribution is -2.21. The molecule has 2 nitrogen and oxygen atoms in total. The molecule has 0 spiro atoms. The number of hydrogen-bond donors (Lipinski definition) is 0. The van der Waals surface area contributed by atoms with E-state index in [9.17, 15) is 4.79 Å². The average molecular weight is 283 g/mol. The molecule has 0 aromatic heterocycles. The van der Waals surface area contributed by atoms with E-state index in [4.69, 9.17) is 4.99 Å². The van der Waals surface area contributed by atoms with Crippen LogP contribution in [0.1, 0.15) is 21.5 Å². The summed E-state index contributed by atoms with van der Waals surface area (Å²) in [4.78, 5) is 17.5. The standard InChI is InChI=1S/C20H13NO/c22-20-16-8-4-3-7-15(16)19-17(20)11-13-10-9-12-5-1-2-6-14(12)18(13)21-19/h1-10,17H,11H2. The van der Waals surface area contributed by atoms with Gasteiger partial charge in [-0.1, -0.05) is 60.7 Å². The summed E-state index contributed by atoms with van der Waals surface area (Å²) < 4.78 is 0. The van der Waals surface area contributed by atoms with Crippen molar-refractivity contribution in [2.24, 2.45) is 10.9 Å². The third-order valence-corrected chi connectivity index (χ3v) is 4.76. The second-order valence-corrected chi connectivity index (χ2v) is 5.96. The van der Waals surface area contributed by atoms with Gasteiger partial charge in [0.2, 0.25) is 0 Å². The summed E-state index contributed by atoms with van der Waals surface area (Å²) in [7, 11) is 0. The third kappa shape index (κ3) is 1.44. The molecule has 1 heterocycles. The van der Waals surface area contributed by atoms with Gasteiger partial charge in [0.1, 0.15) is 0 Å². The van der Waals surface area contributed by atoms with E-state index in [1.807, 2.05) is 36.4 Å². The first-order valence-electron chi connectivity index (χ1n) is 7.56. The molecule has 1 atom stereocenters. The van der Waals surface area contributed by atoms with Gasteiger partial charge in [-0.25, -0.2) is 0 Å². The minimum Gasteiger partial charge on any atom is -0.293 e. The van der Waals surface area contributed by atoms with Gasteiger partial charge < -0.3 is 0 Å². The molecule has 2 heteroatoms. The molecule has 0 fully saturated rings. The van der Waals surface area contributed by atoms with Crippen LogP contribution >= 0.6 is 0 Å². The van der Waals surface area contributed by atoms with Gasteiger partial charge in [0, 0.05) is 16.5 Å². The van der Waals surface area contributed by atoms with Crippen LogP contribution in [0.3, 0.4) is 0 Å². The van der Waals surface area contributed by atoms with Crippen molar-refractivity contribution in [3.05, 3.63) is 77.4 Å². The molecule has 1 aliphatic heterocycles. The number of aliphatic imine (C=N–C) groups is 1. The van der Waals surface area contributed by atoms with Crippen LogP contribution in [0.25, 0.3) is 10.8 Å². The Bertz CT molecular complexity index is 984. The van der Waals surface area contributed by atoms with Gasteiger partial charge in [0.15, 0.2) is 5.78 Å². The van der Waals surface area contributed by atoms with Crippen molar-refractivity contribution >= 4 is 28.0 Å². The Morgan fingerprint density at radius 3 is 2.55 bits per heavy atom. The number of benzene rings is 3. The Kier molecular flexibility index (Phi) is 2.23. The highest BCUT2D eigenvalue weighted by atomic mass is 16.1. The van der Waals surface area contributed by atoms with E-state index < -0.39 is 0 Å². The zero-order valence-electron chi connectivity index (χ0n) is 11.9. The summed E-state index contributed by atoms with van der Waals surface area (Å²) in [5.74, 6) is 0.110. The van der Waals surface area contributed by atoms with E-state index in [0.29, 0.717) is 0 Å². The SMILES string of the molecule is O=C1c2ccccc2C2=Nc3c(ccc4ccccc34)CC12. The summed E-state index contributed by atoms with van der Waals surface area (Å²) in [5, 5.41) is 2.37. The zero-order chi connectivity index (χ0) is 14.7. The van der Waals surface area contributed by atoms with Gasteiger partial charge in [-0.05, 0) is 17.4 Å². The molecule has 3 aromatic rings. The number of Topliss-reactive ketones (excluding diaryl/α,β-unsaturated/α-hetero) is 1. The molecule has 0 N–H and O–H groups in total. The molecule has 0 saturated heterocycles. The van der Waals surface area contributed by atoms with Gasteiger partial charge in [-0.2, -0.15) is 0 Å². The molecule has 0 amide bonds. The molecule has 0 bridgehead atoms. The molecule has 1 unspecified atom stereocenters. The van der Waals surface area contributed by atoms with Crippen LogP contribution < -0.4 is 0 Å². The minimum atomic E-state index is -0.105. The Morgan fingerprint density at radius 1 is 0.864 bits per heavy atom. The third-order valence-electron chi connectivity index (χ3n) is 4.76. The van der Waals surface area contributed by atoms with Crippen molar-refractivity contribution in [1.29, 1.82) is 0 Å². The average Bonchev–Trinajstić information content (AvgIpc) is 2.86. The molecule has 3 aromatic carbocycles. The van der Waals surface area contributed by atoms with Crippen molar-refractivity contribution in [2.75, 3.05) is 0 Å². The van der Waals surface area contributed by atoms with Gasteiger partial charge in [0.25, 0.3) is 0 Å². The van der Waals surface area contributed by atoms with E-state index in [-0.39, 0.29) is 11.7 Å². The first-order chi connectivity index (χ1) is 10.8. The number of rotatable bonds is 0. The van der Waals surface area contributed by atoms with Crippen molar-refractivity contribution in [3.63, 3.8) is 0 Å². The van der Waals surface area contributed by atoms with Crippen molar-refractivity contribution in [1.82, 2.24) is 0 Å². The Morgan fingerprint density at radius 2 is 1.64 bits per heavy atom. The predicted octanol–water partition coefficient (Wildman–Crippen LogP) is 4.33. The second-order valence-electron chi connectivity index (χ2n) is 5.96. The maximum absolute atomic E-state index is 12.6. The maximum Gasteiger partial charge on any atom is 0.172 e.